The molecule has 0 amide bonds. The number of rotatable bonds is 2. The molecule has 0 N–H and O–H groups in total. The van der Waals surface area contributed by atoms with Crippen molar-refractivity contribution >= 4 is 54.3 Å². The van der Waals surface area contributed by atoms with Crippen molar-refractivity contribution in [3.05, 3.63) is 194 Å². The minimum atomic E-state index is 0.900. The van der Waals surface area contributed by atoms with E-state index in [0.717, 1.165) is 33.1 Å². The summed E-state index contributed by atoms with van der Waals surface area (Å²) in [5, 5.41) is 9.91. The maximum absolute atomic E-state index is 6.79. The molecule has 10 aromatic carbocycles. The molecule has 1 aliphatic carbocycles. The van der Waals surface area contributed by atoms with Gasteiger partial charge in [0.05, 0.1) is 0 Å². The standard InChI is InChI=1S/C54H32O/c1-3-16-37-35(14-1)39-18-6-8-22-43(39)50-31-34(33-28-29-44-40-19-4-2-15-36(40)38-17-5-7-21-42(38)49(44)30-33)32-51(53(50)46-24-10-9-20-41(37)46)48-26-13-25-47-45-23-11-12-27-52(45)55-54(47)48/h1-32H. The highest BCUT2D eigenvalue weighted by Crippen LogP contribution is 2.53. The van der Waals surface area contributed by atoms with Crippen molar-refractivity contribution in [3.8, 4) is 66.8 Å². The Hall–Kier alpha value is -7.22. The molecule has 11 aromatic rings. The van der Waals surface area contributed by atoms with E-state index in [1.54, 1.807) is 0 Å². The summed E-state index contributed by atoms with van der Waals surface area (Å²) in [5.74, 6) is 0. The predicted octanol–water partition coefficient (Wildman–Crippen LogP) is 15.4. The van der Waals surface area contributed by atoms with Crippen LogP contribution in [0.3, 0.4) is 0 Å². The van der Waals surface area contributed by atoms with Gasteiger partial charge in [-0.05, 0) is 118 Å². The van der Waals surface area contributed by atoms with Gasteiger partial charge in [-0.25, -0.2) is 0 Å². The number of hydrogen-bond donors (Lipinski definition) is 0. The summed E-state index contributed by atoms with van der Waals surface area (Å²) in [7, 11) is 0. The first-order valence-electron chi connectivity index (χ1n) is 19.0. The zero-order valence-corrected chi connectivity index (χ0v) is 29.9. The molecular formula is C54H32O. The second-order valence-corrected chi connectivity index (χ2v) is 14.7. The van der Waals surface area contributed by atoms with Crippen LogP contribution in [0.5, 0.6) is 0 Å². The van der Waals surface area contributed by atoms with Gasteiger partial charge in [0.2, 0.25) is 0 Å². The maximum Gasteiger partial charge on any atom is 0.143 e. The van der Waals surface area contributed by atoms with E-state index >= 15 is 0 Å². The third-order valence-corrected chi connectivity index (χ3v) is 11.8. The summed E-state index contributed by atoms with van der Waals surface area (Å²) in [6.45, 7) is 0. The summed E-state index contributed by atoms with van der Waals surface area (Å²) >= 11 is 0. The lowest BCUT2D eigenvalue weighted by Crippen LogP contribution is -2.00. The lowest BCUT2D eigenvalue weighted by molar-refractivity contribution is 0.670. The smallest absolute Gasteiger partial charge is 0.143 e. The van der Waals surface area contributed by atoms with Gasteiger partial charge in [0, 0.05) is 16.3 Å². The van der Waals surface area contributed by atoms with Crippen LogP contribution in [0.25, 0.3) is 121 Å². The third kappa shape index (κ3) is 4.41. The molecule has 0 aliphatic heterocycles. The van der Waals surface area contributed by atoms with Crippen LogP contribution in [0.15, 0.2) is 199 Å². The molecule has 1 heteroatoms. The molecule has 0 bridgehead atoms. The van der Waals surface area contributed by atoms with Crippen molar-refractivity contribution in [2.45, 2.75) is 0 Å². The highest BCUT2D eigenvalue weighted by molar-refractivity contribution is 6.26. The molecule has 1 aromatic heterocycles. The van der Waals surface area contributed by atoms with Crippen LogP contribution in [-0.2, 0) is 0 Å². The van der Waals surface area contributed by atoms with E-state index in [2.05, 4.69) is 194 Å². The molecule has 12 rings (SSSR count). The molecular weight excluding hydrogens is 665 g/mol. The molecule has 0 spiro atoms. The van der Waals surface area contributed by atoms with E-state index in [1.807, 2.05) is 0 Å². The fourth-order valence-electron chi connectivity index (χ4n) is 9.41. The van der Waals surface area contributed by atoms with E-state index in [0.29, 0.717) is 0 Å². The highest BCUT2D eigenvalue weighted by atomic mass is 16.3. The van der Waals surface area contributed by atoms with Crippen molar-refractivity contribution in [3.63, 3.8) is 0 Å². The number of benzene rings is 10. The van der Waals surface area contributed by atoms with Gasteiger partial charge in [-0.15, -0.1) is 0 Å². The zero-order valence-electron chi connectivity index (χ0n) is 29.9. The molecule has 1 aliphatic rings. The van der Waals surface area contributed by atoms with E-state index in [-0.39, 0.29) is 0 Å². The zero-order chi connectivity index (χ0) is 36.0. The average molecular weight is 697 g/mol. The Kier molecular flexibility index (Phi) is 6.40. The van der Waals surface area contributed by atoms with Crippen LogP contribution in [0.4, 0.5) is 0 Å². The number of hydrogen-bond acceptors (Lipinski definition) is 1. The second-order valence-electron chi connectivity index (χ2n) is 14.7. The molecule has 0 saturated heterocycles. The topological polar surface area (TPSA) is 13.1 Å². The minimum absolute atomic E-state index is 0.900. The minimum Gasteiger partial charge on any atom is -0.455 e. The molecule has 55 heavy (non-hydrogen) atoms. The molecule has 1 nitrogen and oxygen atoms in total. The van der Waals surface area contributed by atoms with Gasteiger partial charge in [0.25, 0.3) is 0 Å². The van der Waals surface area contributed by atoms with Crippen LogP contribution in [0.1, 0.15) is 0 Å². The predicted molar refractivity (Wildman–Crippen MR) is 232 cm³/mol. The first-order chi connectivity index (χ1) is 27.3. The van der Waals surface area contributed by atoms with Gasteiger partial charge in [-0.3, -0.25) is 0 Å². The lowest BCUT2D eigenvalue weighted by Gasteiger charge is -2.26. The van der Waals surface area contributed by atoms with E-state index in [1.165, 1.54) is 88.0 Å². The quantitative estimate of drug-likeness (QED) is 0.164. The van der Waals surface area contributed by atoms with Gasteiger partial charge in [0.15, 0.2) is 0 Å². The Morgan fingerprint density at radius 3 is 1.27 bits per heavy atom. The first-order valence-corrected chi connectivity index (χ1v) is 19.0. The molecule has 0 radical (unpaired) electrons. The lowest BCUT2D eigenvalue weighted by atomic mass is 9.77. The fraction of sp³-hybridized carbons (Fsp3) is 0. The van der Waals surface area contributed by atoms with Gasteiger partial charge in [-0.1, -0.05) is 170 Å². The summed E-state index contributed by atoms with van der Waals surface area (Å²) in [6, 6.07) is 71.3. The SMILES string of the molecule is c1ccc2c(c1)-c1ccccc1-c1cc(-c3ccc4c5ccccc5c5ccccc5c4c3)cc(-c3cccc4c3oc3ccccc34)c1-c1ccccc1-2. The van der Waals surface area contributed by atoms with Gasteiger partial charge >= 0.3 is 0 Å². The van der Waals surface area contributed by atoms with Crippen molar-refractivity contribution in [1.82, 2.24) is 0 Å². The Morgan fingerprint density at radius 2 is 0.655 bits per heavy atom. The van der Waals surface area contributed by atoms with E-state index in [9.17, 15) is 0 Å². The number of para-hydroxylation sites is 2. The van der Waals surface area contributed by atoms with E-state index in [4.69, 9.17) is 4.42 Å². The molecule has 254 valence electrons. The molecule has 1 heterocycles. The van der Waals surface area contributed by atoms with Gasteiger partial charge < -0.3 is 4.42 Å². The van der Waals surface area contributed by atoms with Crippen molar-refractivity contribution in [2.75, 3.05) is 0 Å². The fourth-order valence-corrected chi connectivity index (χ4v) is 9.41. The Bertz CT molecular complexity index is 3340. The first kappa shape index (κ1) is 30.3. The van der Waals surface area contributed by atoms with Crippen LogP contribution in [0.2, 0.25) is 0 Å². The highest BCUT2D eigenvalue weighted by Gasteiger charge is 2.26. The van der Waals surface area contributed by atoms with Crippen LogP contribution in [-0.4, -0.2) is 0 Å². The Morgan fingerprint density at radius 1 is 0.236 bits per heavy atom. The second kappa shape index (κ2) is 11.6. The van der Waals surface area contributed by atoms with Crippen LogP contribution >= 0.6 is 0 Å². The number of furan rings is 1. The summed E-state index contributed by atoms with van der Waals surface area (Å²) < 4.78 is 6.79. The molecule has 0 saturated carbocycles. The third-order valence-electron chi connectivity index (χ3n) is 11.8. The maximum atomic E-state index is 6.79. The van der Waals surface area contributed by atoms with E-state index < -0.39 is 0 Å². The normalized spacial score (nSPS) is 12.0. The Labute approximate surface area is 318 Å². The van der Waals surface area contributed by atoms with Crippen molar-refractivity contribution < 1.29 is 4.42 Å². The summed E-state index contributed by atoms with van der Waals surface area (Å²) in [4.78, 5) is 0. The van der Waals surface area contributed by atoms with Crippen LogP contribution in [0, 0.1) is 0 Å². The average Bonchev–Trinajstić information content (AvgIpc) is 3.65. The summed E-state index contributed by atoms with van der Waals surface area (Å²) in [6.07, 6.45) is 0. The molecule has 0 fully saturated rings. The monoisotopic (exact) mass is 696 g/mol. The summed E-state index contributed by atoms with van der Waals surface area (Å²) in [5.41, 5.74) is 16.2. The van der Waals surface area contributed by atoms with Crippen molar-refractivity contribution in [2.24, 2.45) is 0 Å². The number of fused-ring (bicyclic) bond motifs is 17. The largest absolute Gasteiger partial charge is 0.455 e. The molecule has 0 unspecified atom stereocenters. The van der Waals surface area contributed by atoms with Crippen molar-refractivity contribution in [1.29, 1.82) is 0 Å². The molecule has 0 atom stereocenters. The Balaban J connectivity index is 1.24. The van der Waals surface area contributed by atoms with Gasteiger partial charge in [-0.2, -0.15) is 0 Å². The van der Waals surface area contributed by atoms with Gasteiger partial charge in [0.1, 0.15) is 11.2 Å². The van der Waals surface area contributed by atoms with Crippen LogP contribution < -0.4 is 0 Å².